The van der Waals surface area contributed by atoms with E-state index >= 15 is 0 Å². The molecule has 0 aliphatic carbocycles. The van der Waals surface area contributed by atoms with Gasteiger partial charge in [-0.05, 0) is 29.0 Å². The van der Waals surface area contributed by atoms with Crippen LogP contribution in [0.25, 0.3) is 11.2 Å². The second-order valence-corrected chi connectivity index (χ2v) is 7.69. The lowest BCUT2D eigenvalue weighted by atomic mass is 10.1. The van der Waals surface area contributed by atoms with Crippen molar-refractivity contribution < 1.29 is 42.9 Å². The minimum atomic E-state index is -1.20. The van der Waals surface area contributed by atoms with E-state index in [-0.39, 0.29) is 40.1 Å². The predicted octanol–water partition coefficient (Wildman–Crippen LogP) is 0.0902. The van der Waals surface area contributed by atoms with Gasteiger partial charge in [0.25, 0.3) is 0 Å². The largest absolute Gasteiger partial charge is 0.740 e. The van der Waals surface area contributed by atoms with E-state index in [2.05, 4.69) is 15.0 Å². The van der Waals surface area contributed by atoms with E-state index < -0.39 is 42.4 Å². The summed E-state index contributed by atoms with van der Waals surface area (Å²) in [5.41, 5.74) is 6.12. The number of allylic oxidation sites excluding steroid dienone is 2. The first-order valence-electron chi connectivity index (χ1n) is 10.6. The smallest absolute Gasteiger partial charge is 0.437 e. The van der Waals surface area contributed by atoms with Crippen molar-refractivity contribution in [2.24, 2.45) is 0 Å². The van der Waals surface area contributed by atoms with Crippen LogP contribution in [-0.4, -0.2) is 79.1 Å². The molecule has 1 saturated heterocycles. The Morgan fingerprint density at radius 2 is 1.78 bits per heavy atom. The van der Waals surface area contributed by atoms with Crippen LogP contribution in [0.4, 0.5) is 11.8 Å². The van der Waals surface area contributed by atoms with Gasteiger partial charge in [-0.15, -0.1) is 0 Å². The molecule has 2 aromatic rings. The summed E-state index contributed by atoms with van der Waals surface area (Å²) in [4.78, 5) is 58.3. The van der Waals surface area contributed by atoms with Crippen molar-refractivity contribution in [2.75, 3.05) is 12.3 Å². The Balaban J connectivity index is 2.07. The summed E-state index contributed by atoms with van der Waals surface area (Å²) >= 11 is 0. The highest BCUT2D eigenvalue weighted by Crippen LogP contribution is 2.36. The molecule has 15 nitrogen and oxygen atoms in total. The second kappa shape index (κ2) is 10.9. The van der Waals surface area contributed by atoms with Crippen LogP contribution in [0.15, 0.2) is 18.5 Å². The molecule has 1 aliphatic rings. The number of nitrogen functional groups attached to an aromatic ring is 1. The highest BCUT2D eigenvalue weighted by molar-refractivity contribution is 5.91. The number of fused-ring (bicyclic) bond motifs is 1. The van der Waals surface area contributed by atoms with Crippen LogP contribution in [0, 0.1) is 5.21 Å². The lowest BCUT2D eigenvalue weighted by molar-refractivity contribution is -0.363. The minimum Gasteiger partial charge on any atom is -0.740 e. The normalized spacial score (nSPS) is 22.1. The van der Waals surface area contributed by atoms with Crippen LogP contribution in [0.3, 0.4) is 0 Å². The molecule has 0 unspecified atom stereocenters. The van der Waals surface area contributed by atoms with E-state index in [0.717, 1.165) is 20.1 Å². The summed E-state index contributed by atoms with van der Waals surface area (Å²) in [6, 6.07) is 0. The first-order chi connectivity index (χ1) is 17.0. The van der Waals surface area contributed by atoms with Crippen LogP contribution in [0.5, 0.6) is 0 Å². The van der Waals surface area contributed by atoms with Crippen molar-refractivity contribution in [3.63, 3.8) is 0 Å². The molecule has 2 aromatic heterocycles. The Bertz CT molecular complexity index is 1250. The van der Waals surface area contributed by atoms with Gasteiger partial charge in [0, 0.05) is 20.8 Å². The number of carbonyl (C=O) groups is 4. The topological polar surface area (TPSA) is 201 Å². The molecule has 36 heavy (non-hydrogen) atoms. The van der Waals surface area contributed by atoms with E-state index in [1.54, 1.807) is 0 Å². The fraction of sp³-hybridized carbons (Fsp3) is 0.429. The summed E-state index contributed by atoms with van der Waals surface area (Å²) in [5, 5.41) is 12.4. The molecule has 192 valence electrons. The lowest BCUT2D eigenvalue weighted by Gasteiger charge is -2.23. The average molecular weight is 504 g/mol. The molecule has 0 radical (unpaired) electrons. The van der Waals surface area contributed by atoms with Crippen LogP contribution in [0.2, 0.25) is 0 Å². The quantitative estimate of drug-likeness (QED) is 0.0964. The van der Waals surface area contributed by atoms with Gasteiger partial charge < -0.3 is 29.9 Å². The summed E-state index contributed by atoms with van der Waals surface area (Å²) in [5.74, 6) is -2.75. The number of esters is 3. The molecular formula is C21H24N6O9. The first-order valence-corrected chi connectivity index (χ1v) is 10.6. The monoisotopic (exact) mass is 504 g/mol. The van der Waals surface area contributed by atoms with E-state index in [4.69, 9.17) is 24.7 Å². The van der Waals surface area contributed by atoms with Gasteiger partial charge in [0.2, 0.25) is 11.5 Å². The number of rotatable bonds is 8. The van der Waals surface area contributed by atoms with Crippen LogP contribution in [0.1, 0.15) is 33.9 Å². The van der Waals surface area contributed by atoms with Crippen molar-refractivity contribution >= 4 is 52.8 Å². The van der Waals surface area contributed by atoms with Gasteiger partial charge >= 0.3 is 23.9 Å². The molecule has 0 bridgehead atoms. The number of aromatic nitrogens is 4. The fourth-order valence-corrected chi connectivity index (χ4v) is 3.45. The number of carbonyl (C=O) groups excluding carboxylic acids is 4. The number of anilines is 1. The number of nitrogens with two attached hydrogens (primary N) is 1. The van der Waals surface area contributed by atoms with Gasteiger partial charge in [-0.25, -0.2) is 9.72 Å². The molecule has 3 heterocycles. The Morgan fingerprint density at radius 3 is 2.39 bits per heavy atom. The van der Waals surface area contributed by atoms with E-state index in [9.17, 15) is 24.4 Å². The Kier molecular flexibility index (Phi) is 7.93. The number of hydrogen-bond donors (Lipinski definition) is 1. The standard InChI is InChI=1S/C21H24N6O9/c1-10(28)6-5-7-27(32)21-24-18(22)15-19(25-21)26(9-23-15)20-17(35-13(4)31)16(34-12(3)30)14(36-20)8-33-11(2)29/h5-7,9,14,16-17,20H,8H2,1-4H3,(H2,22,24,25)/b6-5+,27-7-/t14-,16-,17-,20-/m1/s1. The zero-order valence-electron chi connectivity index (χ0n) is 19.8. The summed E-state index contributed by atoms with van der Waals surface area (Å²) in [6.07, 6.45) is 0.167. The maximum absolute atomic E-state index is 12.4. The molecule has 0 amide bonds. The highest BCUT2D eigenvalue weighted by atomic mass is 16.7. The third-order valence-electron chi connectivity index (χ3n) is 4.80. The first kappa shape index (κ1) is 26.2. The fourth-order valence-electron chi connectivity index (χ4n) is 3.45. The lowest BCUT2D eigenvalue weighted by Crippen LogP contribution is -2.40. The van der Waals surface area contributed by atoms with Gasteiger partial charge in [-0.3, -0.25) is 23.7 Å². The van der Waals surface area contributed by atoms with E-state index in [1.165, 1.54) is 36.9 Å². The van der Waals surface area contributed by atoms with Crippen LogP contribution in [-0.2, 0) is 38.1 Å². The average Bonchev–Trinajstić information content (AvgIpc) is 3.33. The second-order valence-electron chi connectivity index (χ2n) is 7.69. The summed E-state index contributed by atoms with van der Waals surface area (Å²) < 4.78 is 23.3. The van der Waals surface area contributed by atoms with Crippen molar-refractivity contribution in [3.8, 4) is 0 Å². The molecular weight excluding hydrogens is 480 g/mol. The SMILES string of the molecule is CC(=O)/C=C/C=[N+](\[O-])c1nc(N)c2ncn([C@@H]3O[C@H](COC(C)=O)[C@@H](OC(C)=O)[C@H]3OC(C)=O)c2n1. The molecule has 0 saturated carbocycles. The van der Waals surface area contributed by atoms with Gasteiger partial charge in [-0.2, -0.15) is 0 Å². The third kappa shape index (κ3) is 5.99. The van der Waals surface area contributed by atoms with Crippen molar-refractivity contribution in [3.05, 3.63) is 23.7 Å². The summed E-state index contributed by atoms with van der Waals surface area (Å²) in [6.45, 7) is 4.53. The molecule has 4 atom stereocenters. The Morgan fingerprint density at radius 1 is 1.11 bits per heavy atom. The van der Waals surface area contributed by atoms with Gasteiger partial charge in [0.05, 0.1) is 6.21 Å². The molecule has 3 rings (SSSR count). The molecule has 15 heteroatoms. The Labute approximate surface area is 204 Å². The van der Waals surface area contributed by atoms with Crippen molar-refractivity contribution in [2.45, 2.75) is 52.2 Å². The van der Waals surface area contributed by atoms with Crippen LogP contribution >= 0.6 is 0 Å². The zero-order valence-corrected chi connectivity index (χ0v) is 19.8. The maximum atomic E-state index is 12.4. The van der Waals surface area contributed by atoms with Crippen molar-refractivity contribution in [1.82, 2.24) is 19.5 Å². The van der Waals surface area contributed by atoms with Gasteiger partial charge in [-0.1, -0.05) is 0 Å². The van der Waals surface area contributed by atoms with E-state index in [0.29, 0.717) is 0 Å². The predicted molar refractivity (Wildman–Crippen MR) is 121 cm³/mol. The van der Waals surface area contributed by atoms with Crippen molar-refractivity contribution in [1.29, 1.82) is 0 Å². The molecule has 1 fully saturated rings. The number of nitrogens with zero attached hydrogens (tertiary/aromatic N) is 5. The number of ketones is 1. The molecule has 1 aliphatic heterocycles. The number of ether oxygens (including phenoxy) is 4. The molecule has 0 aromatic carbocycles. The minimum absolute atomic E-state index is 0.0409. The molecule has 0 spiro atoms. The van der Waals surface area contributed by atoms with E-state index in [1.807, 2.05) is 0 Å². The summed E-state index contributed by atoms with van der Waals surface area (Å²) in [7, 11) is 0. The number of imidazole rings is 1. The zero-order chi connectivity index (χ0) is 26.6. The van der Waals surface area contributed by atoms with Crippen LogP contribution < -0.4 is 5.73 Å². The third-order valence-corrected chi connectivity index (χ3v) is 4.80. The highest BCUT2D eigenvalue weighted by Gasteiger charge is 2.51. The Hall–Kier alpha value is -4.40. The number of hydrogen-bond acceptors (Lipinski definition) is 13. The maximum Gasteiger partial charge on any atom is 0.437 e. The molecule has 2 N–H and O–H groups in total. The van der Waals surface area contributed by atoms with Gasteiger partial charge in [0.1, 0.15) is 19.0 Å². The van der Waals surface area contributed by atoms with Gasteiger partial charge in [0.15, 0.2) is 29.7 Å².